The number of methoxy groups -OCH3 is 2. The van der Waals surface area contributed by atoms with Crippen LogP contribution in [0.15, 0.2) is 90.1 Å². The molecule has 4 heterocycles. The van der Waals surface area contributed by atoms with Crippen LogP contribution >= 0.6 is 0 Å². The van der Waals surface area contributed by atoms with Gasteiger partial charge in [0.1, 0.15) is 11.9 Å². The fourth-order valence-electron chi connectivity index (χ4n) is 9.10. The lowest BCUT2D eigenvalue weighted by Gasteiger charge is -2.37. The van der Waals surface area contributed by atoms with Gasteiger partial charge in [-0.05, 0) is 96.5 Å². The summed E-state index contributed by atoms with van der Waals surface area (Å²) in [5.74, 6) is 0.846. The van der Waals surface area contributed by atoms with Gasteiger partial charge >= 0.3 is 12.2 Å². The van der Waals surface area contributed by atoms with Gasteiger partial charge in [-0.15, -0.1) is 0 Å². The molecule has 3 aliphatic rings. The summed E-state index contributed by atoms with van der Waals surface area (Å²) in [5, 5.41) is 5.85. The Kier molecular flexibility index (Phi) is 13.5. The van der Waals surface area contributed by atoms with Crippen LogP contribution in [0.3, 0.4) is 0 Å². The van der Waals surface area contributed by atoms with Gasteiger partial charge in [0.2, 0.25) is 5.91 Å². The molecule has 1 unspecified atom stereocenters. The van der Waals surface area contributed by atoms with Crippen LogP contribution in [0.1, 0.15) is 81.9 Å². The third-order valence-corrected chi connectivity index (χ3v) is 12.5. The molecular formula is C48H59N7O5. The molecule has 0 radical (unpaired) electrons. The quantitative estimate of drug-likeness (QED) is 0.117. The first-order valence-electron chi connectivity index (χ1n) is 21.4. The van der Waals surface area contributed by atoms with Gasteiger partial charge in [0.05, 0.1) is 50.5 Å². The molecule has 3 aromatic carbocycles. The summed E-state index contributed by atoms with van der Waals surface area (Å²) >= 11 is 0. The Balaban J connectivity index is 0.988. The predicted octanol–water partition coefficient (Wildman–Crippen LogP) is 8.01. The maximum Gasteiger partial charge on any atom is 0.407 e. The number of amides is 3. The van der Waals surface area contributed by atoms with Gasteiger partial charge in [0, 0.05) is 25.0 Å². The number of likely N-dealkylation sites (tertiary alicyclic amines) is 2. The number of H-pyrrole nitrogens is 1. The van der Waals surface area contributed by atoms with E-state index >= 15 is 0 Å². The van der Waals surface area contributed by atoms with Crippen molar-refractivity contribution in [1.29, 1.82) is 0 Å². The highest BCUT2D eigenvalue weighted by Gasteiger charge is 2.38. The third-order valence-electron chi connectivity index (χ3n) is 12.5. The highest BCUT2D eigenvalue weighted by molar-refractivity contribution is 6.08. The Morgan fingerprint density at radius 1 is 0.783 bits per heavy atom. The van der Waals surface area contributed by atoms with E-state index in [1.165, 1.54) is 30.9 Å². The number of imidazole rings is 1. The number of aliphatic imine (C=N–C) groups is 1. The summed E-state index contributed by atoms with van der Waals surface area (Å²) in [7, 11) is 2.72. The van der Waals surface area contributed by atoms with Crippen LogP contribution in [0.4, 0.5) is 9.59 Å². The van der Waals surface area contributed by atoms with Gasteiger partial charge < -0.3 is 30.0 Å². The van der Waals surface area contributed by atoms with E-state index in [-0.39, 0.29) is 36.0 Å². The van der Waals surface area contributed by atoms with E-state index < -0.39 is 18.2 Å². The fraction of sp³-hybridized carbons (Fsp3) is 0.438. The van der Waals surface area contributed by atoms with Gasteiger partial charge in [-0.25, -0.2) is 14.6 Å². The van der Waals surface area contributed by atoms with Crippen molar-refractivity contribution in [3.8, 4) is 22.4 Å². The largest absolute Gasteiger partial charge is 0.453 e. The van der Waals surface area contributed by atoms with E-state index in [1.54, 1.807) is 0 Å². The number of hydrogen-bond donors (Lipinski definition) is 3. The van der Waals surface area contributed by atoms with Gasteiger partial charge in [0.25, 0.3) is 0 Å². The number of aromatic nitrogens is 2. The predicted molar refractivity (Wildman–Crippen MR) is 236 cm³/mol. The van der Waals surface area contributed by atoms with Gasteiger partial charge in [-0.1, -0.05) is 93.6 Å². The number of carbonyl (C=O) groups is 3. The molecule has 0 saturated carbocycles. The summed E-state index contributed by atoms with van der Waals surface area (Å²) in [4.78, 5) is 56.1. The zero-order valence-electron chi connectivity index (χ0n) is 35.7. The van der Waals surface area contributed by atoms with E-state index in [4.69, 9.17) is 19.5 Å². The average molecular weight is 814 g/mol. The molecule has 0 bridgehead atoms. The van der Waals surface area contributed by atoms with Crippen molar-refractivity contribution in [1.82, 2.24) is 30.4 Å². The number of aryl methyl sites for hydroxylation is 1. The number of nitrogens with zero attached hydrogens (tertiary/aromatic N) is 4. The average Bonchev–Trinajstić information content (AvgIpc) is 4.12. The summed E-state index contributed by atoms with van der Waals surface area (Å²) in [6.07, 6.45) is 8.14. The second-order valence-electron chi connectivity index (χ2n) is 16.5. The Bertz CT molecular complexity index is 2180. The number of aromatic amines is 1. The maximum absolute atomic E-state index is 14.0. The summed E-state index contributed by atoms with van der Waals surface area (Å²) < 4.78 is 9.81. The molecule has 60 heavy (non-hydrogen) atoms. The lowest BCUT2D eigenvalue weighted by Crippen LogP contribution is -2.55. The molecule has 0 aliphatic carbocycles. The van der Waals surface area contributed by atoms with Crippen molar-refractivity contribution < 1.29 is 23.9 Å². The highest BCUT2D eigenvalue weighted by Crippen LogP contribution is 2.34. The van der Waals surface area contributed by atoms with E-state index in [1.807, 2.05) is 23.2 Å². The minimum atomic E-state index is -0.763. The first-order chi connectivity index (χ1) is 29.1. The maximum atomic E-state index is 14.0. The van der Waals surface area contributed by atoms with E-state index in [2.05, 4.69) is 115 Å². The normalized spacial score (nSPS) is 19.4. The lowest BCUT2D eigenvalue weighted by atomic mass is 9.95. The number of ether oxygens (including phenoxy) is 2. The fourth-order valence-corrected chi connectivity index (χ4v) is 9.10. The standard InChI is InChI=1S/C48H59N7O5/c1-7-32-12-14-33(15-13-32)26-40(52-47(57)59-5)46(56)55-25-9-11-43(55)45-50-29-41(51-45)37-22-20-35(21-23-37)34-16-18-36(19-17-34)38-27-39(49-28-38)42-10-8-24-54(42)31(4)44(30(2)3)53-48(58)60-6/h12-23,27,29-31,40,42-44H,7-11,24-26,28H2,1-6H3,(H,50,51)(H,52,57)(H,53,58)/t31?,40-,42-,43-,44-/m0/s1. The van der Waals surface area contributed by atoms with E-state index in [0.29, 0.717) is 19.5 Å². The monoisotopic (exact) mass is 813 g/mol. The molecule has 1 aromatic heterocycles. The van der Waals surface area contributed by atoms with Crippen molar-refractivity contribution in [2.45, 2.75) is 96.4 Å². The molecule has 12 nitrogen and oxygen atoms in total. The number of nitrogens with one attached hydrogen (secondary N) is 3. The molecule has 5 atom stereocenters. The number of rotatable bonds is 14. The van der Waals surface area contributed by atoms with E-state index in [9.17, 15) is 14.4 Å². The molecule has 4 aromatic rings. The SMILES string of the molecule is CCc1ccc(C[C@H](NC(=O)OC)C(=O)N2CCC[C@H]2c2ncc(-c3ccc(-c4ccc(C5=CC([C@@H]6CCCN6C(C)[C@@H](NC(=O)OC)C(C)C)=NC5)cc4)cc3)[nH]2)cc1. The molecule has 3 N–H and O–H groups in total. The molecule has 12 heteroatoms. The van der Waals surface area contributed by atoms with Crippen molar-refractivity contribution in [2.75, 3.05) is 33.9 Å². The zero-order valence-corrected chi connectivity index (χ0v) is 35.7. The minimum Gasteiger partial charge on any atom is -0.453 e. The van der Waals surface area contributed by atoms with Gasteiger partial charge in [-0.2, -0.15) is 0 Å². The van der Waals surface area contributed by atoms with Crippen molar-refractivity contribution in [2.24, 2.45) is 10.9 Å². The molecule has 3 aliphatic heterocycles. The lowest BCUT2D eigenvalue weighted by molar-refractivity contribution is -0.134. The Morgan fingerprint density at radius 3 is 2.03 bits per heavy atom. The second-order valence-corrected chi connectivity index (χ2v) is 16.5. The molecular weight excluding hydrogens is 755 g/mol. The van der Waals surface area contributed by atoms with Gasteiger partial charge in [0.15, 0.2) is 0 Å². The molecule has 7 rings (SSSR count). The third kappa shape index (κ3) is 9.49. The summed E-state index contributed by atoms with van der Waals surface area (Å²) in [6.45, 7) is 10.8. The minimum absolute atomic E-state index is 0.0282. The van der Waals surface area contributed by atoms with Crippen LogP contribution < -0.4 is 10.6 Å². The van der Waals surface area contributed by atoms with Crippen LogP contribution in [-0.2, 0) is 27.1 Å². The second kappa shape index (κ2) is 19.1. The number of carbonyl (C=O) groups excluding carboxylic acids is 3. The van der Waals surface area contributed by atoms with Crippen LogP contribution in [0, 0.1) is 5.92 Å². The van der Waals surface area contributed by atoms with Crippen LogP contribution in [0.2, 0.25) is 0 Å². The summed E-state index contributed by atoms with van der Waals surface area (Å²) in [5.41, 5.74) is 9.81. The molecule has 2 saturated heterocycles. The molecule has 316 valence electrons. The van der Waals surface area contributed by atoms with Crippen molar-refractivity contribution in [3.05, 3.63) is 108 Å². The smallest absolute Gasteiger partial charge is 0.407 e. The molecule has 3 amide bonds. The van der Waals surface area contributed by atoms with Crippen molar-refractivity contribution >= 4 is 29.4 Å². The number of hydrogen-bond acceptors (Lipinski definition) is 8. The number of benzene rings is 3. The topological polar surface area (TPSA) is 141 Å². The van der Waals surface area contributed by atoms with Crippen LogP contribution in [0.25, 0.3) is 28.0 Å². The van der Waals surface area contributed by atoms with Crippen LogP contribution in [-0.4, -0.2) is 102 Å². The van der Waals surface area contributed by atoms with Crippen molar-refractivity contribution in [3.63, 3.8) is 0 Å². The zero-order chi connectivity index (χ0) is 42.3. The highest BCUT2D eigenvalue weighted by atomic mass is 16.5. The Labute approximate surface area is 353 Å². The molecule has 2 fully saturated rings. The Hall–Kier alpha value is -5.75. The molecule has 0 spiro atoms. The summed E-state index contributed by atoms with van der Waals surface area (Å²) in [6, 6.07) is 24.6. The first-order valence-corrected chi connectivity index (χ1v) is 21.4. The van der Waals surface area contributed by atoms with Crippen LogP contribution in [0.5, 0.6) is 0 Å². The Morgan fingerprint density at radius 2 is 1.38 bits per heavy atom. The number of alkyl carbamates (subject to hydrolysis) is 2. The first kappa shape index (κ1) is 42.4. The van der Waals surface area contributed by atoms with E-state index in [0.717, 1.165) is 78.1 Å². The van der Waals surface area contributed by atoms with Gasteiger partial charge in [-0.3, -0.25) is 14.7 Å².